The fraction of sp³-hybridized carbons (Fsp3) is 0.385. The Morgan fingerprint density at radius 1 is 1.53 bits per heavy atom. The third-order valence-corrected chi connectivity index (χ3v) is 2.78. The number of H-pyrrole nitrogens is 1. The Balaban J connectivity index is 1.84. The zero-order chi connectivity index (χ0) is 13.7. The molecule has 0 bridgehead atoms. The number of nitrogens with one attached hydrogen (secondary N) is 2. The van der Waals surface area contributed by atoms with Gasteiger partial charge in [-0.3, -0.25) is 4.79 Å². The predicted octanol–water partition coefficient (Wildman–Crippen LogP) is 0.195. The number of hydrogen-bond donors (Lipinski definition) is 3. The van der Waals surface area contributed by atoms with Crippen molar-refractivity contribution in [1.82, 2.24) is 15.3 Å². The third kappa shape index (κ3) is 3.52. The summed E-state index contributed by atoms with van der Waals surface area (Å²) < 4.78 is 4.82. The summed E-state index contributed by atoms with van der Waals surface area (Å²) in [5.41, 5.74) is 7.54. The Kier molecular flexibility index (Phi) is 4.48. The molecule has 1 atom stereocenters. The van der Waals surface area contributed by atoms with E-state index in [0.29, 0.717) is 13.0 Å². The number of ether oxygens (including phenoxy) is 1. The lowest BCUT2D eigenvalue weighted by atomic mass is 10.3. The lowest BCUT2D eigenvalue weighted by Crippen LogP contribution is -2.44. The van der Waals surface area contributed by atoms with E-state index in [2.05, 4.69) is 15.3 Å². The highest BCUT2D eigenvalue weighted by Crippen LogP contribution is 2.10. The number of amides is 1. The van der Waals surface area contributed by atoms with Crippen molar-refractivity contribution in [3.8, 4) is 0 Å². The van der Waals surface area contributed by atoms with Gasteiger partial charge in [0, 0.05) is 20.1 Å². The number of para-hydroxylation sites is 2. The van der Waals surface area contributed by atoms with Crippen LogP contribution in [0.1, 0.15) is 5.82 Å². The predicted molar refractivity (Wildman–Crippen MR) is 72.7 cm³/mol. The van der Waals surface area contributed by atoms with Crippen molar-refractivity contribution in [2.75, 3.05) is 20.3 Å². The minimum Gasteiger partial charge on any atom is -0.383 e. The molecule has 102 valence electrons. The van der Waals surface area contributed by atoms with Crippen LogP contribution in [0, 0.1) is 0 Å². The van der Waals surface area contributed by atoms with Crippen LogP contribution < -0.4 is 11.1 Å². The molecule has 1 amide bonds. The molecule has 6 nitrogen and oxygen atoms in total. The molecular weight excluding hydrogens is 244 g/mol. The molecule has 0 saturated carbocycles. The van der Waals surface area contributed by atoms with Crippen LogP contribution in [-0.2, 0) is 16.0 Å². The van der Waals surface area contributed by atoms with Gasteiger partial charge in [-0.15, -0.1) is 0 Å². The Hall–Kier alpha value is -1.92. The highest BCUT2D eigenvalue weighted by atomic mass is 16.5. The molecule has 0 aliphatic heterocycles. The number of imidazole rings is 1. The van der Waals surface area contributed by atoms with E-state index in [1.165, 1.54) is 7.11 Å². The molecule has 0 aliphatic carbocycles. The van der Waals surface area contributed by atoms with Crippen molar-refractivity contribution in [2.24, 2.45) is 5.73 Å². The quantitative estimate of drug-likeness (QED) is 0.693. The van der Waals surface area contributed by atoms with Crippen molar-refractivity contribution in [2.45, 2.75) is 12.5 Å². The van der Waals surface area contributed by atoms with Gasteiger partial charge in [0.2, 0.25) is 5.91 Å². The lowest BCUT2D eigenvalue weighted by molar-refractivity contribution is -0.123. The van der Waals surface area contributed by atoms with Crippen LogP contribution in [0.4, 0.5) is 0 Å². The largest absolute Gasteiger partial charge is 0.383 e. The zero-order valence-corrected chi connectivity index (χ0v) is 10.8. The second-order valence-corrected chi connectivity index (χ2v) is 4.30. The van der Waals surface area contributed by atoms with E-state index in [4.69, 9.17) is 10.5 Å². The number of carbonyl (C=O) groups is 1. The minimum absolute atomic E-state index is 0.210. The van der Waals surface area contributed by atoms with Gasteiger partial charge in [0.15, 0.2) is 0 Å². The number of carbonyl (C=O) groups excluding carboxylic acids is 1. The fourth-order valence-corrected chi connectivity index (χ4v) is 1.81. The molecule has 1 heterocycles. The van der Waals surface area contributed by atoms with E-state index in [-0.39, 0.29) is 12.5 Å². The van der Waals surface area contributed by atoms with Gasteiger partial charge in [-0.05, 0) is 12.1 Å². The maximum absolute atomic E-state index is 11.5. The highest BCUT2D eigenvalue weighted by molar-refractivity contribution is 5.81. The van der Waals surface area contributed by atoms with Crippen LogP contribution in [0.2, 0.25) is 0 Å². The molecule has 2 aromatic rings. The molecule has 2 rings (SSSR count). The molecule has 1 unspecified atom stereocenters. The van der Waals surface area contributed by atoms with Crippen LogP contribution in [0.5, 0.6) is 0 Å². The van der Waals surface area contributed by atoms with Crippen molar-refractivity contribution in [3.63, 3.8) is 0 Å². The van der Waals surface area contributed by atoms with Gasteiger partial charge >= 0.3 is 0 Å². The number of rotatable bonds is 6. The molecule has 0 radical (unpaired) electrons. The summed E-state index contributed by atoms with van der Waals surface area (Å²) in [5.74, 6) is 0.639. The van der Waals surface area contributed by atoms with Crippen LogP contribution in [0.25, 0.3) is 11.0 Å². The molecule has 19 heavy (non-hydrogen) atoms. The number of aromatic amines is 1. The first-order valence-corrected chi connectivity index (χ1v) is 6.16. The smallest absolute Gasteiger partial charge is 0.239 e. The van der Waals surface area contributed by atoms with Gasteiger partial charge in [-0.1, -0.05) is 12.1 Å². The molecule has 0 fully saturated rings. The summed E-state index contributed by atoms with van der Waals surface area (Å²) in [7, 11) is 1.52. The average molecular weight is 262 g/mol. The Morgan fingerprint density at radius 2 is 2.32 bits per heavy atom. The van der Waals surface area contributed by atoms with Crippen molar-refractivity contribution in [3.05, 3.63) is 30.1 Å². The van der Waals surface area contributed by atoms with E-state index in [1.54, 1.807) is 0 Å². The number of benzene rings is 1. The van der Waals surface area contributed by atoms with E-state index < -0.39 is 6.04 Å². The summed E-state index contributed by atoms with van der Waals surface area (Å²) in [6, 6.07) is 7.19. The van der Waals surface area contributed by atoms with Gasteiger partial charge in [-0.2, -0.15) is 0 Å². The second kappa shape index (κ2) is 6.31. The van der Waals surface area contributed by atoms with Gasteiger partial charge in [0.05, 0.1) is 17.6 Å². The highest BCUT2D eigenvalue weighted by Gasteiger charge is 2.12. The fourth-order valence-electron chi connectivity index (χ4n) is 1.81. The summed E-state index contributed by atoms with van der Waals surface area (Å²) in [6.07, 6.45) is 0.639. The van der Waals surface area contributed by atoms with E-state index in [9.17, 15) is 4.79 Å². The second-order valence-electron chi connectivity index (χ2n) is 4.30. The van der Waals surface area contributed by atoms with Gasteiger partial charge in [0.25, 0.3) is 0 Å². The summed E-state index contributed by atoms with van der Waals surface area (Å²) in [5, 5.41) is 2.76. The van der Waals surface area contributed by atoms with Crippen LogP contribution >= 0.6 is 0 Å². The summed E-state index contributed by atoms with van der Waals surface area (Å²) in [4.78, 5) is 19.2. The van der Waals surface area contributed by atoms with E-state index in [1.807, 2.05) is 24.3 Å². The number of nitrogens with zero attached hydrogens (tertiary/aromatic N) is 1. The summed E-state index contributed by atoms with van der Waals surface area (Å²) in [6.45, 7) is 0.715. The maximum Gasteiger partial charge on any atom is 0.239 e. The van der Waals surface area contributed by atoms with Crippen LogP contribution in [-0.4, -0.2) is 42.2 Å². The van der Waals surface area contributed by atoms with E-state index >= 15 is 0 Å². The monoisotopic (exact) mass is 262 g/mol. The third-order valence-electron chi connectivity index (χ3n) is 2.78. The van der Waals surface area contributed by atoms with Crippen molar-refractivity contribution < 1.29 is 9.53 Å². The Morgan fingerprint density at radius 3 is 3.05 bits per heavy atom. The number of aromatic nitrogens is 2. The van der Waals surface area contributed by atoms with Gasteiger partial charge in [-0.25, -0.2) is 4.98 Å². The Bertz CT molecular complexity index is 519. The number of hydrogen-bond acceptors (Lipinski definition) is 4. The zero-order valence-electron chi connectivity index (χ0n) is 10.8. The summed E-state index contributed by atoms with van der Waals surface area (Å²) >= 11 is 0. The average Bonchev–Trinajstić information content (AvgIpc) is 2.81. The maximum atomic E-state index is 11.5. The van der Waals surface area contributed by atoms with E-state index in [0.717, 1.165) is 16.9 Å². The molecule has 0 spiro atoms. The van der Waals surface area contributed by atoms with Crippen LogP contribution in [0.3, 0.4) is 0 Å². The normalized spacial score (nSPS) is 12.5. The number of nitrogens with two attached hydrogens (primary N) is 1. The number of methoxy groups -OCH3 is 1. The topological polar surface area (TPSA) is 93.0 Å². The molecule has 6 heteroatoms. The van der Waals surface area contributed by atoms with Crippen molar-refractivity contribution in [1.29, 1.82) is 0 Å². The molecule has 0 saturated heterocycles. The Labute approximate surface area is 111 Å². The molecular formula is C13H18N4O2. The first kappa shape index (κ1) is 13.5. The standard InChI is InChI=1S/C13H18N4O2/c1-19-8-9(14)13(18)15-7-6-12-16-10-4-2-3-5-11(10)17-12/h2-5,9H,6-8,14H2,1H3,(H,15,18)(H,16,17). The molecule has 1 aromatic carbocycles. The SMILES string of the molecule is COCC(N)C(=O)NCCc1nc2ccccc2[nH]1. The lowest BCUT2D eigenvalue weighted by Gasteiger charge is -2.10. The first-order chi connectivity index (χ1) is 9.20. The van der Waals surface area contributed by atoms with Gasteiger partial charge < -0.3 is 20.8 Å². The first-order valence-electron chi connectivity index (χ1n) is 6.16. The van der Waals surface area contributed by atoms with Crippen LogP contribution in [0.15, 0.2) is 24.3 Å². The van der Waals surface area contributed by atoms with Crippen molar-refractivity contribution >= 4 is 16.9 Å². The molecule has 1 aromatic heterocycles. The van der Waals surface area contributed by atoms with Gasteiger partial charge in [0.1, 0.15) is 11.9 Å². The molecule has 4 N–H and O–H groups in total. The number of fused-ring (bicyclic) bond motifs is 1. The molecule has 0 aliphatic rings. The minimum atomic E-state index is -0.624.